The Labute approximate surface area is 201 Å². The number of nitrogens with one attached hydrogen (secondary N) is 2. The van der Waals surface area contributed by atoms with Crippen LogP contribution in [0.5, 0.6) is 11.5 Å². The molecule has 34 heavy (non-hydrogen) atoms. The Kier molecular flexibility index (Phi) is 7.24. The van der Waals surface area contributed by atoms with E-state index in [4.69, 9.17) is 4.74 Å². The predicted molar refractivity (Wildman–Crippen MR) is 129 cm³/mol. The molecule has 0 radical (unpaired) electrons. The van der Waals surface area contributed by atoms with E-state index in [2.05, 4.69) is 20.7 Å². The summed E-state index contributed by atoms with van der Waals surface area (Å²) in [5, 5.41) is 23.8. The van der Waals surface area contributed by atoms with Crippen molar-refractivity contribution in [3.05, 3.63) is 84.4 Å². The van der Waals surface area contributed by atoms with Gasteiger partial charge in [-0.25, -0.2) is 5.43 Å². The summed E-state index contributed by atoms with van der Waals surface area (Å²) in [4.78, 5) is 12.5. The highest BCUT2D eigenvalue weighted by molar-refractivity contribution is 7.99. The number of aromatic amines is 1. The van der Waals surface area contributed by atoms with Crippen molar-refractivity contribution in [1.82, 2.24) is 15.6 Å². The highest BCUT2D eigenvalue weighted by Crippen LogP contribution is 2.22. The van der Waals surface area contributed by atoms with Gasteiger partial charge in [-0.1, -0.05) is 42.5 Å². The van der Waals surface area contributed by atoms with Crippen molar-refractivity contribution in [2.45, 2.75) is 12.1 Å². The monoisotopic (exact) mass is 473 g/mol. The molecule has 0 fully saturated rings. The second-order valence-electron chi connectivity index (χ2n) is 7.30. The van der Waals surface area contributed by atoms with Crippen LogP contribution in [0.1, 0.15) is 12.5 Å². The molecular formula is C25H23N5O3S. The van der Waals surface area contributed by atoms with Crippen molar-refractivity contribution in [2.75, 3.05) is 12.9 Å². The van der Waals surface area contributed by atoms with E-state index in [1.807, 2.05) is 59.2 Å². The van der Waals surface area contributed by atoms with Gasteiger partial charge in [-0.3, -0.25) is 4.79 Å². The number of hydrogen-bond acceptors (Lipinski definition) is 6. The summed E-state index contributed by atoms with van der Waals surface area (Å²) in [5.41, 5.74) is 5.60. The van der Waals surface area contributed by atoms with Crippen molar-refractivity contribution in [3.8, 4) is 28.6 Å². The Bertz CT molecular complexity index is 1300. The van der Waals surface area contributed by atoms with E-state index < -0.39 is 0 Å². The van der Waals surface area contributed by atoms with Gasteiger partial charge in [0.25, 0.3) is 11.7 Å². The van der Waals surface area contributed by atoms with Crippen molar-refractivity contribution >= 4 is 23.4 Å². The van der Waals surface area contributed by atoms with E-state index in [-0.39, 0.29) is 17.4 Å². The van der Waals surface area contributed by atoms with E-state index in [1.54, 1.807) is 26.2 Å². The Balaban J connectivity index is 1.52. The highest BCUT2D eigenvalue weighted by Gasteiger charge is 2.24. The maximum Gasteiger partial charge on any atom is 0.342 e. The van der Waals surface area contributed by atoms with Crippen LogP contribution in [0.2, 0.25) is 0 Å². The van der Waals surface area contributed by atoms with Crippen molar-refractivity contribution < 1.29 is 19.2 Å². The van der Waals surface area contributed by atoms with Crippen LogP contribution >= 0.6 is 11.8 Å². The zero-order chi connectivity index (χ0) is 23.9. The molecule has 2 N–H and O–H groups in total. The number of carbonyl (C=O) groups excluding carboxylic acids is 1. The zero-order valence-electron chi connectivity index (χ0n) is 18.7. The fourth-order valence-electron chi connectivity index (χ4n) is 3.25. The molecular weight excluding hydrogens is 450 g/mol. The van der Waals surface area contributed by atoms with Gasteiger partial charge in [0, 0.05) is 0 Å². The summed E-state index contributed by atoms with van der Waals surface area (Å²) in [6.07, 6.45) is 0. The van der Waals surface area contributed by atoms with E-state index in [0.717, 1.165) is 22.8 Å². The van der Waals surface area contributed by atoms with Crippen LogP contribution in [0.4, 0.5) is 0 Å². The number of carbonyl (C=O) groups is 1. The third-order valence-corrected chi connectivity index (χ3v) is 5.92. The first-order valence-corrected chi connectivity index (χ1v) is 11.5. The number of methoxy groups -OCH3 is 1. The predicted octanol–water partition coefficient (Wildman–Crippen LogP) is 3.07. The number of thioether (sulfide) groups is 1. The summed E-state index contributed by atoms with van der Waals surface area (Å²) in [7, 11) is 1.63. The molecule has 0 saturated carbocycles. The molecule has 1 amide bonds. The molecule has 4 aromatic rings. The summed E-state index contributed by atoms with van der Waals surface area (Å²) >= 11 is 1.29. The fraction of sp³-hybridized carbons (Fsp3) is 0.120. The lowest BCUT2D eigenvalue weighted by Crippen LogP contribution is -2.34. The summed E-state index contributed by atoms with van der Waals surface area (Å²) < 4.78 is 7.22. The molecule has 0 aliphatic heterocycles. The Morgan fingerprint density at radius 2 is 1.88 bits per heavy atom. The van der Waals surface area contributed by atoms with Gasteiger partial charge in [0.2, 0.25) is 0 Å². The number of benzene rings is 3. The topological polar surface area (TPSA) is 106 Å². The average molecular weight is 474 g/mol. The molecule has 8 nitrogen and oxygen atoms in total. The number of hydrogen-bond donors (Lipinski definition) is 2. The van der Waals surface area contributed by atoms with Crippen LogP contribution in [0, 0.1) is 0 Å². The van der Waals surface area contributed by atoms with Gasteiger partial charge in [0.1, 0.15) is 11.4 Å². The van der Waals surface area contributed by atoms with E-state index >= 15 is 0 Å². The number of aromatic nitrogens is 3. The number of H-pyrrole nitrogens is 1. The SMILES string of the molecule is COc1ccc(-c2[nH]nc(SCC(=O)N/N=C(/C)c3cccc([O-])c3)[n+]2-c2ccccc2)cc1. The number of amides is 1. The van der Waals surface area contributed by atoms with E-state index in [1.165, 1.54) is 23.9 Å². The van der Waals surface area contributed by atoms with Gasteiger partial charge in [0.05, 0.1) is 29.2 Å². The standard InChI is InChI=1S/C25H23N5O3S/c1-17(19-7-6-10-21(31)15-19)26-27-23(32)16-34-25-29-28-24(18-11-13-22(33-2)14-12-18)30(25)20-8-4-3-5-9-20/h3-15H,16H2,1-2H3,(H2,27,31,32)/b26-17-. The number of nitrogens with zero attached hydrogens (tertiary/aromatic N) is 3. The molecule has 9 heteroatoms. The van der Waals surface area contributed by atoms with E-state index in [9.17, 15) is 9.90 Å². The first-order valence-electron chi connectivity index (χ1n) is 10.5. The molecule has 0 aliphatic rings. The number of para-hydroxylation sites is 1. The van der Waals surface area contributed by atoms with Gasteiger partial charge < -0.3 is 9.84 Å². The minimum atomic E-state index is -0.281. The lowest BCUT2D eigenvalue weighted by atomic mass is 10.1. The van der Waals surface area contributed by atoms with Crippen molar-refractivity contribution in [3.63, 3.8) is 0 Å². The molecule has 0 unspecified atom stereocenters. The van der Waals surface area contributed by atoms with Crippen LogP contribution in [0.15, 0.2) is 89.1 Å². The molecule has 0 spiro atoms. The van der Waals surface area contributed by atoms with Crippen LogP contribution in [-0.2, 0) is 4.79 Å². The third kappa shape index (κ3) is 5.44. The molecule has 1 heterocycles. The van der Waals surface area contributed by atoms with Crippen LogP contribution in [0.25, 0.3) is 17.1 Å². The summed E-state index contributed by atoms with van der Waals surface area (Å²) in [6, 6.07) is 23.8. The lowest BCUT2D eigenvalue weighted by Gasteiger charge is -2.07. The average Bonchev–Trinajstić information content (AvgIpc) is 3.30. The smallest absolute Gasteiger partial charge is 0.342 e. The Hall–Kier alpha value is -4.11. The maximum absolute atomic E-state index is 12.5. The normalized spacial score (nSPS) is 11.3. The molecule has 0 bridgehead atoms. The zero-order valence-corrected chi connectivity index (χ0v) is 19.5. The summed E-state index contributed by atoms with van der Waals surface area (Å²) in [5.74, 6) is 1.27. The lowest BCUT2D eigenvalue weighted by molar-refractivity contribution is -0.625. The van der Waals surface area contributed by atoms with Gasteiger partial charge in [-0.05, 0) is 60.6 Å². The number of ether oxygens (including phenoxy) is 1. The highest BCUT2D eigenvalue weighted by atomic mass is 32.2. The van der Waals surface area contributed by atoms with Crippen LogP contribution < -0.4 is 19.8 Å². The van der Waals surface area contributed by atoms with Gasteiger partial charge in [0.15, 0.2) is 0 Å². The van der Waals surface area contributed by atoms with Crippen molar-refractivity contribution in [1.29, 1.82) is 0 Å². The molecule has 1 aromatic heterocycles. The molecule has 172 valence electrons. The number of rotatable bonds is 8. The van der Waals surface area contributed by atoms with Gasteiger partial charge in [-0.2, -0.15) is 9.67 Å². The quantitative estimate of drug-likeness (QED) is 0.177. The molecule has 0 saturated heterocycles. The van der Waals surface area contributed by atoms with Gasteiger partial charge in [-0.15, -0.1) is 10.8 Å². The second-order valence-corrected chi connectivity index (χ2v) is 8.25. The first kappa shape index (κ1) is 23.1. The molecule has 0 atom stereocenters. The second kappa shape index (κ2) is 10.7. The Morgan fingerprint density at radius 1 is 1.12 bits per heavy atom. The summed E-state index contributed by atoms with van der Waals surface area (Å²) in [6.45, 7) is 1.74. The van der Waals surface area contributed by atoms with Gasteiger partial charge >= 0.3 is 5.16 Å². The maximum atomic E-state index is 12.5. The van der Waals surface area contributed by atoms with Crippen LogP contribution in [-0.4, -0.2) is 34.7 Å². The third-order valence-electron chi connectivity index (χ3n) is 4.98. The minimum absolute atomic E-state index is 0.106. The minimum Gasteiger partial charge on any atom is -0.872 e. The Morgan fingerprint density at radius 3 is 2.59 bits per heavy atom. The van der Waals surface area contributed by atoms with Crippen molar-refractivity contribution in [2.24, 2.45) is 5.10 Å². The largest absolute Gasteiger partial charge is 0.872 e. The van der Waals surface area contributed by atoms with E-state index in [0.29, 0.717) is 16.4 Å². The molecule has 4 rings (SSSR count). The van der Waals surface area contributed by atoms with Crippen LogP contribution in [0.3, 0.4) is 0 Å². The number of hydrazone groups is 1. The first-order chi connectivity index (χ1) is 16.5. The fourth-order valence-corrected chi connectivity index (χ4v) is 4.01. The molecule has 3 aromatic carbocycles. The molecule has 0 aliphatic carbocycles.